The predicted octanol–water partition coefficient (Wildman–Crippen LogP) is 7.50. The lowest BCUT2D eigenvalue weighted by atomic mass is 10.0. The van der Waals surface area contributed by atoms with Crippen molar-refractivity contribution in [3.8, 4) is 11.4 Å². The van der Waals surface area contributed by atoms with Gasteiger partial charge in [0.1, 0.15) is 18.0 Å². The molecule has 6 nitrogen and oxygen atoms in total. The molecule has 36 heavy (non-hydrogen) atoms. The average Bonchev–Trinajstić information content (AvgIpc) is 3.26. The molecule has 1 aromatic heterocycles. The largest absolute Gasteiger partial charge is 0.487 e. The summed E-state index contributed by atoms with van der Waals surface area (Å²) in [7, 11) is 0. The third-order valence-electron chi connectivity index (χ3n) is 5.98. The van der Waals surface area contributed by atoms with E-state index in [1.807, 2.05) is 37.4 Å². The van der Waals surface area contributed by atoms with E-state index in [4.69, 9.17) is 33.0 Å². The van der Waals surface area contributed by atoms with E-state index < -0.39 is 5.97 Å². The number of hydrogen-bond acceptors (Lipinski definition) is 4. The Balaban J connectivity index is 1.49. The van der Waals surface area contributed by atoms with Crippen molar-refractivity contribution in [2.75, 3.05) is 5.32 Å². The maximum Gasteiger partial charge on any atom is 0.335 e. The highest BCUT2D eigenvalue weighted by Crippen LogP contribution is 2.32. The molecule has 3 aromatic carbocycles. The maximum atomic E-state index is 11.0. The van der Waals surface area contributed by atoms with Gasteiger partial charge in [-0.2, -0.15) is 5.10 Å². The Morgan fingerprint density at radius 2 is 1.78 bits per heavy atom. The molecule has 0 bridgehead atoms. The molecule has 0 fully saturated rings. The van der Waals surface area contributed by atoms with Gasteiger partial charge in [0.15, 0.2) is 0 Å². The minimum Gasteiger partial charge on any atom is -0.487 e. The molecule has 2 N–H and O–H groups in total. The van der Waals surface area contributed by atoms with Crippen molar-refractivity contribution in [3.05, 3.63) is 105 Å². The molecular formula is C28H27Cl2N3O3. The van der Waals surface area contributed by atoms with Crippen molar-refractivity contribution in [3.63, 3.8) is 0 Å². The van der Waals surface area contributed by atoms with Crippen LogP contribution in [0.5, 0.6) is 5.75 Å². The van der Waals surface area contributed by atoms with Crippen LogP contribution in [-0.2, 0) is 13.2 Å². The molecule has 4 aromatic rings. The Bertz CT molecular complexity index is 1360. The maximum absolute atomic E-state index is 11.0. The highest BCUT2D eigenvalue weighted by Gasteiger charge is 2.19. The van der Waals surface area contributed by atoms with Crippen molar-refractivity contribution in [2.45, 2.75) is 39.8 Å². The third kappa shape index (κ3) is 5.66. The summed E-state index contributed by atoms with van der Waals surface area (Å²) < 4.78 is 7.96. The minimum absolute atomic E-state index is 0.248. The minimum atomic E-state index is -0.938. The third-order valence-corrected chi connectivity index (χ3v) is 6.59. The lowest BCUT2D eigenvalue weighted by Gasteiger charge is -2.16. The molecule has 0 aliphatic carbocycles. The molecular weight excluding hydrogens is 497 g/mol. The topological polar surface area (TPSA) is 76.4 Å². The van der Waals surface area contributed by atoms with Gasteiger partial charge in [-0.15, -0.1) is 0 Å². The van der Waals surface area contributed by atoms with Crippen molar-refractivity contribution in [1.29, 1.82) is 0 Å². The summed E-state index contributed by atoms with van der Waals surface area (Å²) in [5, 5.41) is 18.0. The van der Waals surface area contributed by atoms with Gasteiger partial charge in [0.05, 0.1) is 27.5 Å². The molecule has 0 radical (unpaired) electrons. The molecule has 0 saturated heterocycles. The molecule has 0 aliphatic heterocycles. The monoisotopic (exact) mass is 523 g/mol. The van der Waals surface area contributed by atoms with E-state index in [1.54, 1.807) is 41.1 Å². The van der Waals surface area contributed by atoms with Crippen LogP contribution in [0.15, 0.2) is 66.9 Å². The van der Waals surface area contributed by atoms with E-state index >= 15 is 0 Å². The zero-order chi connectivity index (χ0) is 25.8. The normalized spacial score (nSPS) is 11.1. The van der Waals surface area contributed by atoms with Crippen molar-refractivity contribution in [1.82, 2.24) is 9.78 Å². The number of para-hydroxylation sites is 1. The number of nitrogens with one attached hydrogen (secondary N) is 1. The molecule has 0 aliphatic rings. The van der Waals surface area contributed by atoms with Crippen LogP contribution in [0.1, 0.15) is 52.5 Å². The number of ether oxygens (including phenoxy) is 1. The summed E-state index contributed by atoms with van der Waals surface area (Å²) in [6, 6.07) is 18.0. The molecule has 8 heteroatoms. The standard InChI is InChI=1S/C28H27Cl2N3O3/c1-17(2)23-15-32-33(27-24(29)5-4-6-25(27)30)26(23)16-36-22-12-9-20(18(3)13-22)14-31-21-10-7-19(8-11-21)28(34)35/h4-13,15,17,31H,14,16H2,1-3H3,(H,34,35). The fraction of sp³-hybridized carbons (Fsp3) is 0.214. The molecule has 0 amide bonds. The number of aryl methyl sites for hydroxylation is 1. The first-order chi connectivity index (χ1) is 17.2. The van der Waals surface area contributed by atoms with E-state index in [9.17, 15) is 4.79 Å². The fourth-order valence-electron chi connectivity index (χ4n) is 3.93. The first-order valence-corrected chi connectivity index (χ1v) is 12.3. The van der Waals surface area contributed by atoms with Gasteiger partial charge in [0.2, 0.25) is 0 Å². The van der Waals surface area contributed by atoms with Crippen LogP contribution in [0.3, 0.4) is 0 Å². The number of carboxylic acid groups (broad SMARTS) is 1. The van der Waals surface area contributed by atoms with Gasteiger partial charge in [-0.25, -0.2) is 9.48 Å². The van der Waals surface area contributed by atoms with Gasteiger partial charge < -0.3 is 15.2 Å². The van der Waals surface area contributed by atoms with Gasteiger partial charge in [-0.1, -0.05) is 49.2 Å². The van der Waals surface area contributed by atoms with Crippen LogP contribution in [0.25, 0.3) is 5.69 Å². The fourth-order valence-corrected chi connectivity index (χ4v) is 4.49. The van der Waals surface area contributed by atoms with E-state index in [0.29, 0.717) is 28.9 Å². The first kappa shape index (κ1) is 25.6. The Hall–Kier alpha value is -3.48. The molecule has 1 heterocycles. The smallest absolute Gasteiger partial charge is 0.335 e. The molecule has 0 spiro atoms. The molecule has 0 saturated carbocycles. The predicted molar refractivity (Wildman–Crippen MR) is 144 cm³/mol. The van der Waals surface area contributed by atoms with Crippen LogP contribution < -0.4 is 10.1 Å². The Morgan fingerprint density at radius 3 is 2.39 bits per heavy atom. The lowest BCUT2D eigenvalue weighted by molar-refractivity contribution is 0.0697. The van der Waals surface area contributed by atoms with Gasteiger partial charge in [-0.05, 0) is 78.1 Å². The molecule has 0 unspecified atom stereocenters. The number of benzene rings is 3. The average molecular weight is 524 g/mol. The first-order valence-electron chi connectivity index (χ1n) is 11.6. The van der Waals surface area contributed by atoms with E-state index in [1.165, 1.54) is 0 Å². The van der Waals surface area contributed by atoms with Crippen LogP contribution in [0.2, 0.25) is 10.0 Å². The van der Waals surface area contributed by atoms with Crippen LogP contribution in [0.4, 0.5) is 5.69 Å². The van der Waals surface area contributed by atoms with Crippen LogP contribution >= 0.6 is 23.2 Å². The van der Waals surface area contributed by atoms with Gasteiger partial charge >= 0.3 is 5.97 Å². The molecule has 186 valence electrons. The summed E-state index contributed by atoms with van der Waals surface area (Å²) in [6.07, 6.45) is 1.84. The van der Waals surface area contributed by atoms with E-state index in [0.717, 1.165) is 33.8 Å². The number of hydrogen-bond donors (Lipinski definition) is 2. The Kier molecular flexibility index (Phi) is 7.87. The summed E-state index contributed by atoms with van der Waals surface area (Å²) in [5.41, 5.74) is 5.91. The Morgan fingerprint density at radius 1 is 1.08 bits per heavy atom. The van der Waals surface area contributed by atoms with Gasteiger partial charge in [0.25, 0.3) is 0 Å². The number of halogens is 2. The Labute approximate surface area is 220 Å². The second-order valence-electron chi connectivity index (χ2n) is 8.80. The summed E-state index contributed by atoms with van der Waals surface area (Å²) in [6.45, 7) is 7.17. The quantitative estimate of drug-likeness (QED) is 0.237. The van der Waals surface area contributed by atoms with E-state index in [-0.39, 0.29) is 11.5 Å². The van der Waals surface area contributed by atoms with Gasteiger partial charge in [-0.3, -0.25) is 0 Å². The number of carboxylic acids is 1. The second-order valence-corrected chi connectivity index (χ2v) is 9.61. The van der Waals surface area contributed by atoms with Crippen LogP contribution in [-0.4, -0.2) is 20.9 Å². The van der Waals surface area contributed by atoms with Gasteiger partial charge in [0, 0.05) is 12.2 Å². The van der Waals surface area contributed by atoms with Crippen molar-refractivity contribution >= 4 is 34.9 Å². The molecule has 0 atom stereocenters. The number of nitrogens with zero attached hydrogens (tertiary/aromatic N) is 2. The lowest BCUT2D eigenvalue weighted by Crippen LogP contribution is -2.09. The highest BCUT2D eigenvalue weighted by atomic mass is 35.5. The van der Waals surface area contributed by atoms with Crippen molar-refractivity contribution in [2.24, 2.45) is 0 Å². The number of aromatic nitrogens is 2. The number of rotatable bonds is 9. The summed E-state index contributed by atoms with van der Waals surface area (Å²) in [4.78, 5) is 11.0. The van der Waals surface area contributed by atoms with Crippen molar-refractivity contribution < 1.29 is 14.6 Å². The highest BCUT2D eigenvalue weighted by molar-refractivity contribution is 6.37. The zero-order valence-electron chi connectivity index (χ0n) is 20.3. The number of anilines is 1. The SMILES string of the molecule is Cc1cc(OCc2c(C(C)C)cnn2-c2c(Cl)cccc2Cl)ccc1CNc1ccc(C(=O)O)cc1. The summed E-state index contributed by atoms with van der Waals surface area (Å²) in [5.74, 6) is 0.0552. The number of carbonyl (C=O) groups is 1. The number of aromatic carboxylic acids is 1. The second kappa shape index (κ2) is 11.1. The van der Waals surface area contributed by atoms with Crippen LogP contribution in [0, 0.1) is 6.92 Å². The summed E-state index contributed by atoms with van der Waals surface area (Å²) >= 11 is 12.9. The zero-order valence-corrected chi connectivity index (χ0v) is 21.8. The van der Waals surface area contributed by atoms with E-state index in [2.05, 4.69) is 24.3 Å². The molecule has 4 rings (SSSR count).